The van der Waals surface area contributed by atoms with Gasteiger partial charge in [-0.25, -0.2) is 0 Å². The number of nitrogens with two attached hydrogens (primary N) is 6. The number of hydrogen-bond donors (Lipinski definition) is 13. The fraction of sp³-hybridized carbons (Fsp3) is 1.00. The van der Waals surface area contributed by atoms with E-state index in [1.807, 2.05) is 0 Å². The predicted octanol–water partition coefficient (Wildman–Crippen LogP) is -8.90. The molecule has 0 amide bonds. The first-order chi connectivity index (χ1) is 19.8. The Bertz CT molecular complexity index is 868. The molecular weight excluding hydrogens is 568 g/mol. The van der Waals surface area contributed by atoms with Gasteiger partial charge in [-0.3, -0.25) is 0 Å². The van der Waals surface area contributed by atoms with Crippen LogP contribution in [0.3, 0.4) is 0 Å². The van der Waals surface area contributed by atoms with E-state index in [-0.39, 0.29) is 19.5 Å². The zero-order valence-electron chi connectivity index (χ0n) is 22.8. The molecule has 4 rings (SSSR count). The van der Waals surface area contributed by atoms with Gasteiger partial charge >= 0.3 is 0 Å². The van der Waals surface area contributed by atoms with Crippen molar-refractivity contribution in [2.24, 2.45) is 34.4 Å². The Labute approximate surface area is 241 Å². The second-order valence-corrected chi connectivity index (χ2v) is 11.2. The highest BCUT2D eigenvalue weighted by Gasteiger charge is 2.54. The van der Waals surface area contributed by atoms with E-state index in [0.29, 0.717) is 0 Å². The standard InChI is InChI=1S/C23H46N6O13/c24-2-7-13(32)15(34)10(28)21(37-7)40-18-6(27)1-5(26)12(31)20(18)42-23-17(36)19(9(4-30)39-23)41-22-11(29)16(35)14(33)8(3-25)38-22/h5-23,30-36H,1-4,24-29H2/t5-,6+,7-,8+,9-,10-,11-,12+,13-,14-,15-,16-,17-,18-,19-,20-,21-,22+,23+/m1/s1. The van der Waals surface area contributed by atoms with Crippen LogP contribution in [0.2, 0.25) is 0 Å². The van der Waals surface area contributed by atoms with Crippen molar-refractivity contribution in [3.05, 3.63) is 0 Å². The SMILES string of the molecule is NC[C@@H]1O[C@@H](O[C@H]2[C@@H](O)[C@H](O[C@@H]3[C@@H](O)[C@H](N)C[C@H](N)[C@H]3O[C@H]3O[C@H](CN)[C@@H](O)[C@H](O)[C@H]3N)O[C@@H]2CO)[C@H](N)[C@@H](O)[C@@H]1O. The van der Waals surface area contributed by atoms with Crippen molar-refractivity contribution in [3.8, 4) is 0 Å². The first kappa shape index (κ1) is 34.1. The maximum absolute atomic E-state index is 11.1. The summed E-state index contributed by atoms with van der Waals surface area (Å²) in [7, 11) is 0. The molecule has 3 saturated heterocycles. The van der Waals surface area contributed by atoms with Gasteiger partial charge in [-0.1, -0.05) is 0 Å². The number of hydrogen-bond acceptors (Lipinski definition) is 19. The Hall–Kier alpha value is -0.760. The van der Waals surface area contributed by atoms with Crippen molar-refractivity contribution in [1.29, 1.82) is 0 Å². The first-order valence-electron chi connectivity index (χ1n) is 13.9. The van der Waals surface area contributed by atoms with Gasteiger partial charge in [0.15, 0.2) is 18.9 Å². The second-order valence-electron chi connectivity index (χ2n) is 11.2. The van der Waals surface area contributed by atoms with Gasteiger partial charge in [0, 0.05) is 25.2 Å². The molecule has 42 heavy (non-hydrogen) atoms. The lowest BCUT2D eigenvalue weighted by Crippen LogP contribution is -2.68. The lowest BCUT2D eigenvalue weighted by atomic mass is 9.84. The van der Waals surface area contributed by atoms with Crippen molar-refractivity contribution in [2.45, 2.75) is 123 Å². The number of aliphatic hydroxyl groups excluding tert-OH is 7. The van der Waals surface area contributed by atoms with Gasteiger partial charge in [-0.2, -0.15) is 0 Å². The van der Waals surface area contributed by atoms with Crippen LogP contribution in [0.1, 0.15) is 6.42 Å². The molecule has 246 valence electrons. The molecule has 0 bridgehead atoms. The van der Waals surface area contributed by atoms with Crippen LogP contribution in [-0.4, -0.2) is 172 Å². The minimum absolute atomic E-state index is 0.0889. The molecule has 0 spiro atoms. The quantitative estimate of drug-likeness (QED) is 0.115. The Morgan fingerprint density at radius 1 is 0.524 bits per heavy atom. The smallest absolute Gasteiger partial charge is 0.187 e. The fourth-order valence-corrected chi connectivity index (χ4v) is 5.74. The molecule has 19 atom stereocenters. The molecule has 4 aliphatic rings. The summed E-state index contributed by atoms with van der Waals surface area (Å²) in [5.74, 6) is 0. The van der Waals surface area contributed by atoms with E-state index < -0.39 is 123 Å². The van der Waals surface area contributed by atoms with Crippen LogP contribution >= 0.6 is 0 Å². The molecule has 0 aromatic carbocycles. The van der Waals surface area contributed by atoms with E-state index in [1.165, 1.54) is 0 Å². The Balaban J connectivity index is 1.50. The molecule has 0 aromatic heterocycles. The predicted molar refractivity (Wildman–Crippen MR) is 138 cm³/mol. The Morgan fingerprint density at radius 3 is 1.45 bits per heavy atom. The highest BCUT2D eigenvalue weighted by atomic mass is 16.8. The summed E-state index contributed by atoms with van der Waals surface area (Å²) in [6.07, 6.45) is -19.8. The van der Waals surface area contributed by atoms with E-state index in [4.69, 9.17) is 62.8 Å². The van der Waals surface area contributed by atoms with Crippen LogP contribution in [0.4, 0.5) is 0 Å². The molecule has 19 N–H and O–H groups in total. The summed E-state index contributed by atoms with van der Waals surface area (Å²) in [5.41, 5.74) is 35.6. The Morgan fingerprint density at radius 2 is 0.976 bits per heavy atom. The maximum Gasteiger partial charge on any atom is 0.187 e. The van der Waals surface area contributed by atoms with Gasteiger partial charge in [-0.15, -0.1) is 0 Å². The van der Waals surface area contributed by atoms with Gasteiger partial charge in [0.2, 0.25) is 0 Å². The van der Waals surface area contributed by atoms with Crippen LogP contribution in [0.25, 0.3) is 0 Å². The van der Waals surface area contributed by atoms with Crippen LogP contribution in [0.5, 0.6) is 0 Å². The minimum atomic E-state index is -1.60. The molecule has 4 fully saturated rings. The highest BCUT2D eigenvalue weighted by molar-refractivity contribution is 5.02. The van der Waals surface area contributed by atoms with Gasteiger partial charge < -0.3 is 98.6 Å². The number of rotatable bonds is 9. The zero-order valence-corrected chi connectivity index (χ0v) is 22.8. The normalized spacial score (nSPS) is 53.8. The first-order valence-corrected chi connectivity index (χ1v) is 13.9. The van der Waals surface area contributed by atoms with E-state index in [0.717, 1.165) is 0 Å². The Kier molecular flexibility index (Phi) is 11.5. The van der Waals surface area contributed by atoms with Gasteiger partial charge in [0.25, 0.3) is 0 Å². The second kappa shape index (κ2) is 14.1. The molecular formula is C23H46N6O13. The molecule has 0 unspecified atom stereocenters. The topological polar surface area (TPSA) is 353 Å². The molecule has 19 nitrogen and oxygen atoms in total. The summed E-state index contributed by atoms with van der Waals surface area (Å²) in [5, 5.41) is 73.0. The summed E-state index contributed by atoms with van der Waals surface area (Å²) < 4.78 is 34.6. The van der Waals surface area contributed by atoms with Crippen molar-refractivity contribution in [3.63, 3.8) is 0 Å². The van der Waals surface area contributed by atoms with Crippen molar-refractivity contribution in [1.82, 2.24) is 0 Å². The lowest BCUT2D eigenvalue weighted by Gasteiger charge is -2.47. The molecule has 1 saturated carbocycles. The summed E-state index contributed by atoms with van der Waals surface area (Å²) >= 11 is 0. The van der Waals surface area contributed by atoms with Crippen molar-refractivity contribution >= 4 is 0 Å². The average Bonchev–Trinajstić information content (AvgIpc) is 3.27. The molecule has 3 aliphatic heterocycles. The molecule has 0 radical (unpaired) electrons. The van der Waals surface area contributed by atoms with E-state index in [2.05, 4.69) is 0 Å². The third-order valence-electron chi connectivity index (χ3n) is 8.37. The molecule has 1 aliphatic carbocycles. The maximum atomic E-state index is 11.1. The third kappa shape index (κ3) is 6.60. The van der Waals surface area contributed by atoms with Crippen LogP contribution in [0, 0.1) is 0 Å². The van der Waals surface area contributed by atoms with Crippen LogP contribution < -0.4 is 34.4 Å². The largest absolute Gasteiger partial charge is 0.394 e. The lowest BCUT2D eigenvalue weighted by molar-refractivity contribution is -0.306. The van der Waals surface area contributed by atoms with E-state index in [9.17, 15) is 35.7 Å². The summed E-state index contributed by atoms with van der Waals surface area (Å²) in [6, 6.07) is -4.18. The van der Waals surface area contributed by atoms with Gasteiger partial charge in [0.1, 0.15) is 67.1 Å². The van der Waals surface area contributed by atoms with Crippen LogP contribution in [-0.2, 0) is 28.4 Å². The third-order valence-corrected chi connectivity index (χ3v) is 8.37. The number of ether oxygens (including phenoxy) is 6. The van der Waals surface area contributed by atoms with Crippen LogP contribution in [0.15, 0.2) is 0 Å². The van der Waals surface area contributed by atoms with Gasteiger partial charge in [-0.05, 0) is 6.42 Å². The number of aliphatic hydroxyl groups is 7. The molecule has 3 heterocycles. The van der Waals surface area contributed by atoms with Gasteiger partial charge in [0.05, 0.1) is 24.8 Å². The summed E-state index contributed by atoms with van der Waals surface area (Å²) in [4.78, 5) is 0. The van der Waals surface area contributed by atoms with E-state index in [1.54, 1.807) is 0 Å². The van der Waals surface area contributed by atoms with Crippen molar-refractivity contribution in [2.75, 3.05) is 19.7 Å². The van der Waals surface area contributed by atoms with Crippen molar-refractivity contribution < 1.29 is 64.2 Å². The fourth-order valence-electron chi connectivity index (χ4n) is 5.74. The zero-order chi connectivity index (χ0) is 31.0. The highest BCUT2D eigenvalue weighted by Crippen LogP contribution is 2.34. The monoisotopic (exact) mass is 614 g/mol. The van der Waals surface area contributed by atoms with E-state index >= 15 is 0 Å². The minimum Gasteiger partial charge on any atom is -0.394 e. The summed E-state index contributed by atoms with van der Waals surface area (Å²) in [6.45, 7) is -0.967. The molecule has 0 aromatic rings. The molecule has 19 heteroatoms. The average molecular weight is 615 g/mol.